The van der Waals surface area contributed by atoms with Crippen molar-refractivity contribution in [2.24, 2.45) is 0 Å². The van der Waals surface area contributed by atoms with Gasteiger partial charge in [0.05, 0.1) is 16.3 Å². The summed E-state index contributed by atoms with van der Waals surface area (Å²) in [7, 11) is 0. The lowest BCUT2D eigenvalue weighted by atomic mass is 10.2. The van der Waals surface area contributed by atoms with Crippen LogP contribution in [0.1, 0.15) is 10.4 Å². The monoisotopic (exact) mass is 359 g/mol. The van der Waals surface area contributed by atoms with Gasteiger partial charge in [-0.25, -0.2) is 8.78 Å². The standard InChI is InChI=1S/C19H12ClF2NO2/c20-14-11-16(22)15(21)10-13(14)19(24)23-17-8-4-5-9-18(17)25-12-6-2-1-3-7-12/h1-11H,(H,23,24). The molecule has 25 heavy (non-hydrogen) atoms. The molecule has 0 radical (unpaired) electrons. The summed E-state index contributed by atoms with van der Waals surface area (Å²) in [5.41, 5.74) is 0.201. The second-order valence-electron chi connectivity index (χ2n) is 5.11. The third-order valence-electron chi connectivity index (χ3n) is 3.36. The number of nitrogens with one attached hydrogen (secondary N) is 1. The largest absolute Gasteiger partial charge is 0.455 e. The lowest BCUT2D eigenvalue weighted by Crippen LogP contribution is -2.13. The zero-order valence-corrected chi connectivity index (χ0v) is 13.6. The Morgan fingerprint density at radius 3 is 2.32 bits per heavy atom. The number of benzene rings is 3. The Morgan fingerprint density at radius 1 is 0.920 bits per heavy atom. The van der Waals surface area contributed by atoms with Crippen LogP contribution in [0.3, 0.4) is 0 Å². The first kappa shape index (κ1) is 16.9. The van der Waals surface area contributed by atoms with Gasteiger partial charge in [0.25, 0.3) is 5.91 Å². The summed E-state index contributed by atoms with van der Waals surface area (Å²) in [4.78, 5) is 12.4. The molecule has 126 valence electrons. The van der Waals surface area contributed by atoms with Crippen LogP contribution in [0.15, 0.2) is 66.7 Å². The van der Waals surface area contributed by atoms with E-state index >= 15 is 0 Å². The number of amides is 1. The van der Waals surface area contributed by atoms with Crippen LogP contribution in [0.25, 0.3) is 0 Å². The Balaban J connectivity index is 1.86. The number of anilines is 1. The Morgan fingerprint density at radius 2 is 1.56 bits per heavy atom. The average molecular weight is 360 g/mol. The van der Waals surface area contributed by atoms with E-state index < -0.39 is 17.5 Å². The average Bonchev–Trinajstić information content (AvgIpc) is 2.60. The van der Waals surface area contributed by atoms with Gasteiger partial charge in [0, 0.05) is 0 Å². The molecule has 3 aromatic rings. The summed E-state index contributed by atoms with van der Waals surface area (Å²) >= 11 is 5.83. The Hall–Kier alpha value is -2.92. The van der Waals surface area contributed by atoms with Crippen molar-refractivity contribution in [2.45, 2.75) is 0 Å². The van der Waals surface area contributed by atoms with Crippen LogP contribution >= 0.6 is 11.6 Å². The summed E-state index contributed by atoms with van der Waals surface area (Å²) < 4.78 is 32.3. The molecule has 0 aliphatic rings. The molecular weight excluding hydrogens is 348 g/mol. The van der Waals surface area contributed by atoms with Gasteiger partial charge in [0.1, 0.15) is 5.75 Å². The summed E-state index contributed by atoms with van der Waals surface area (Å²) in [5, 5.41) is 2.41. The Kier molecular flexibility index (Phi) is 4.95. The van der Waals surface area contributed by atoms with E-state index in [4.69, 9.17) is 16.3 Å². The molecule has 3 rings (SSSR count). The van der Waals surface area contributed by atoms with Gasteiger partial charge in [-0.3, -0.25) is 4.79 Å². The quantitative estimate of drug-likeness (QED) is 0.610. The number of halogens is 3. The number of hydrogen-bond donors (Lipinski definition) is 1. The van der Waals surface area contributed by atoms with Gasteiger partial charge in [0.15, 0.2) is 17.4 Å². The fourth-order valence-corrected chi connectivity index (χ4v) is 2.40. The fourth-order valence-electron chi connectivity index (χ4n) is 2.16. The van der Waals surface area contributed by atoms with Crippen molar-refractivity contribution in [1.82, 2.24) is 0 Å². The van der Waals surface area contributed by atoms with Crippen molar-refractivity contribution in [3.05, 3.63) is 89.0 Å². The van der Waals surface area contributed by atoms with Crippen LogP contribution in [0.2, 0.25) is 5.02 Å². The van der Waals surface area contributed by atoms with Gasteiger partial charge < -0.3 is 10.1 Å². The van der Waals surface area contributed by atoms with Gasteiger partial charge in [0.2, 0.25) is 0 Å². The molecule has 0 aliphatic heterocycles. The summed E-state index contributed by atoms with van der Waals surface area (Å²) in [6.45, 7) is 0. The number of para-hydroxylation sites is 3. The third-order valence-corrected chi connectivity index (χ3v) is 3.67. The minimum absolute atomic E-state index is 0.171. The van der Waals surface area contributed by atoms with Crippen LogP contribution in [0, 0.1) is 11.6 Å². The number of carbonyl (C=O) groups excluding carboxylic acids is 1. The molecule has 1 amide bonds. The molecule has 6 heteroatoms. The molecule has 0 atom stereocenters. The first-order chi connectivity index (χ1) is 12.0. The third kappa shape index (κ3) is 3.95. The molecule has 0 aromatic heterocycles. The molecule has 3 aromatic carbocycles. The summed E-state index contributed by atoms with van der Waals surface area (Å²) in [5.74, 6) is -1.94. The number of ether oxygens (including phenoxy) is 1. The maximum absolute atomic E-state index is 13.4. The van der Waals surface area contributed by atoms with Crippen molar-refractivity contribution in [1.29, 1.82) is 0 Å². The number of rotatable bonds is 4. The molecule has 0 heterocycles. The summed E-state index contributed by atoms with van der Waals surface area (Å²) in [6.07, 6.45) is 0. The van der Waals surface area contributed by atoms with E-state index in [0.29, 0.717) is 17.2 Å². The van der Waals surface area contributed by atoms with Crippen LogP contribution in [-0.2, 0) is 0 Å². The van der Waals surface area contributed by atoms with Crippen molar-refractivity contribution in [3.8, 4) is 11.5 Å². The maximum Gasteiger partial charge on any atom is 0.257 e. The Bertz CT molecular complexity index is 917. The molecule has 0 aliphatic carbocycles. The molecule has 0 saturated carbocycles. The molecule has 1 N–H and O–H groups in total. The first-order valence-electron chi connectivity index (χ1n) is 7.32. The number of carbonyl (C=O) groups is 1. The highest BCUT2D eigenvalue weighted by molar-refractivity contribution is 6.34. The van der Waals surface area contributed by atoms with Crippen LogP contribution in [0.4, 0.5) is 14.5 Å². The maximum atomic E-state index is 13.4. The molecule has 0 fully saturated rings. The first-order valence-corrected chi connectivity index (χ1v) is 7.70. The lowest BCUT2D eigenvalue weighted by Gasteiger charge is -2.13. The van der Waals surface area contributed by atoms with Crippen LogP contribution in [-0.4, -0.2) is 5.91 Å². The van der Waals surface area contributed by atoms with E-state index in [0.717, 1.165) is 12.1 Å². The molecule has 0 saturated heterocycles. The van der Waals surface area contributed by atoms with E-state index in [1.54, 1.807) is 36.4 Å². The highest BCUT2D eigenvalue weighted by Crippen LogP contribution is 2.30. The topological polar surface area (TPSA) is 38.3 Å². The summed E-state index contributed by atoms with van der Waals surface area (Å²) in [6, 6.07) is 17.3. The van der Waals surface area contributed by atoms with E-state index in [2.05, 4.69) is 5.32 Å². The zero-order chi connectivity index (χ0) is 17.8. The lowest BCUT2D eigenvalue weighted by molar-refractivity contribution is 0.102. The Labute approximate surface area is 147 Å². The molecule has 0 spiro atoms. The van der Waals surface area contributed by atoms with E-state index in [1.165, 1.54) is 0 Å². The SMILES string of the molecule is O=C(Nc1ccccc1Oc1ccccc1)c1cc(F)c(F)cc1Cl. The minimum atomic E-state index is -1.15. The van der Waals surface area contributed by atoms with Crippen molar-refractivity contribution in [2.75, 3.05) is 5.32 Å². The predicted octanol–water partition coefficient (Wildman–Crippen LogP) is 5.66. The molecule has 0 bridgehead atoms. The zero-order valence-electron chi connectivity index (χ0n) is 12.8. The predicted molar refractivity (Wildman–Crippen MR) is 92.3 cm³/mol. The van der Waals surface area contributed by atoms with E-state index in [9.17, 15) is 13.6 Å². The van der Waals surface area contributed by atoms with Crippen molar-refractivity contribution < 1.29 is 18.3 Å². The van der Waals surface area contributed by atoms with Crippen LogP contribution in [0.5, 0.6) is 11.5 Å². The van der Waals surface area contributed by atoms with Gasteiger partial charge in [-0.1, -0.05) is 41.9 Å². The van der Waals surface area contributed by atoms with Gasteiger partial charge in [-0.2, -0.15) is 0 Å². The van der Waals surface area contributed by atoms with E-state index in [1.807, 2.05) is 18.2 Å². The normalized spacial score (nSPS) is 10.4. The van der Waals surface area contributed by atoms with Crippen molar-refractivity contribution in [3.63, 3.8) is 0 Å². The van der Waals surface area contributed by atoms with E-state index in [-0.39, 0.29) is 10.6 Å². The second kappa shape index (κ2) is 7.32. The molecule has 0 unspecified atom stereocenters. The van der Waals surface area contributed by atoms with Gasteiger partial charge in [-0.05, 0) is 36.4 Å². The molecular formula is C19H12ClF2NO2. The smallest absolute Gasteiger partial charge is 0.257 e. The van der Waals surface area contributed by atoms with Gasteiger partial charge in [-0.15, -0.1) is 0 Å². The number of hydrogen-bond acceptors (Lipinski definition) is 2. The highest BCUT2D eigenvalue weighted by Gasteiger charge is 2.16. The second-order valence-corrected chi connectivity index (χ2v) is 5.52. The van der Waals surface area contributed by atoms with Crippen LogP contribution < -0.4 is 10.1 Å². The fraction of sp³-hybridized carbons (Fsp3) is 0. The minimum Gasteiger partial charge on any atom is -0.455 e. The highest BCUT2D eigenvalue weighted by atomic mass is 35.5. The van der Waals surface area contributed by atoms with Gasteiger partial charge >= 0.3 is 0 Å². The molecule has 3 nitrogen and oxygen atoms in total. The van der Waals surface area contributed by atoms with Crippen molar-refractivity contribution >= 4 is 23.2 Å².